The summed E-state index contributed by atoms with van der Waals surface area (Å²) in [4.78, 5) is 11.7. The maximum atomic E-state index is 14.1. The molecule has 1 heterocycles. The number of aryl methyl sites for hydroxylation is 1. The monoisotopic (exact) mass is 265 g/mol. The molecule has 0 saturated carbocycles. The SMILES string of the molecule is COCCNCc1cc2c(=O)ccoc2c(C)c1F. The zero-order valence-electron chi connectivity index (χ0n) is 11.0. The predicted molar refractivity (Wildman–Crippen MR) is 70.8 cm³/mol. The summed E-state index contributed by atoms with van der Waals surface area (Å²) in [7, 11) is 1.60. The fourth-order valence-corrected chi connectivity index (χ4v) is 1.96. The van der Waals surface area contributed by atoms with Crippen molar-refractivity contribution in [1.82, 2.24) is 5.32 Å². The molecule has 0 fully saturated rings. The van der Waals surface area contributed by atoms with Crippen molar-refractivity contribution in [3.8, 4) is 0 Å². The van der Waals surface area contributed by atoms with Crippen molar-refractivity contribution in [2.24, 2.45) is 0 Å². The van der Waals surface area contributed by atoms with Crippen LogP contribution in [0, 0.1) is 12.7 Å². The van der Waals surface area contributed by atoms with Crippen molar-refractivity contribution >= 4 is 11.0 Å². The number of ether oxygens (including phenoxy) is 1. The molecule has 1 aromatic carbocycles. The number of rotatable bonds is 5. The number of hydrogen-bond donors (Lipinski definition) is 1. The van der Waals surface area contributed by atoms with E-state index in [0.717, 1.165) is 0 Å². The lowest BCUT2D eigenvalue weighted by Crippen LogP contribution is -2.19. The van der Waals surface area contributed by atoms with Crippen LogP contribution < -0.4 is 10.7 Å². The Balaban J connectivity index is 2.37. The Morgan fingerprint density at radius 2 is 2.26 bits per heavy atom. The molecule has 102 valence electrons. The minimum Gasteiger partial charge on any atom is -0.464 e. The minimum absolute atomic E-state index is 0.164. The normalized spacial score (nSPS) is 11.1. The first-order valence-electron chi connectivity index (χ1n) is 6.04. The Labute approximate surface area is 110 Å². The van der Waals surface area contributed by atoms with Crippen molar-refractivity contribution in [1.29, 1.82) is 0 Å². The Hall–Kier alpha value is -1.72. The molecular weight excluding hydrogens is 249 g/mol. The molecule has 5 heteroatoms. The van der Waals surface area contributed by atoms with Crippen LogP contribution in [0.1, 0.15) is 11.1 Å². The van der Waals surface area contributed by atoms with Gasteiger partial charge in [-0.1, -0.05) is 0 Å². The van der Waals surface area contributed by atoms with Gasteiger partial charge in [-0.2, -0.15) is 0 Å². The van der Waals surface area contributed by atoms with Crippen molar-refractivity contribution < 1.29 is 13.5 Å². The third-order valence-corrected chi connectivity index (χ3v) is 2.98. The van der Waals surface area contributed by atoms with Gasteiger partial charge in [-0.15, -0.1) is 0 Å². The van der Waals surface area contributed by atoms with Crippen LogP contribution in [0.2, 0.25) is 0 Å². The number of hydrogen-bond acceptors (Lipinski definition) is 4. The molecule has 2 rings (SSSR count). The Bertz CT molecular complexity index is 636. The van der Waals surface area contributed by atoms with Crippen LogP contribution in [0.25, 0.3) is 11.0 Å². The van der Waals surface area contributed by atoms with E-state index in [4.69, 9.17) is 9.15 Å². The van der Waals surface area contributed by atoms with Crippen molar-refractivity contribution in [3.05, 3.63) is 45.6 Å². The van der Waals surface area contributed by atoms with E-state index in [2.05, 4.69) is 5.32 Å². The lowest BCUT2D eigenvalue weighted by molar-refractivity contribution is 0.199. The highest BCUT2D eigenvalue weighted by Gasteiger charge is 2.13. The van der Waals surface area contributed by atoms with Crippen LogP contribution in [0.3, 0.4) is 0 Å². The summed E-state index contributed by atoms with van der Waals surface area (Å²) >= 11 is 0. The van der Waals surface area contributed by atoms with E-state index in [1.54, 1.807) is 20.1 Å². The molecule has 0 saturated heterocycles. The van der Waals surface area contributed by atoms with Gasteiger partial charge in [-0.05, 0) is 13.0 Å². The molecule has 0 aliphatic heterocycles. The van der Waals surface area contributed by atoms with Gasteiger partial charge in [0.15, 0.2) is 5.43 Å². The first-order chi connectivity index (χ1) is 9.15. The third kappa shape index (κ3) is 2.83. The summed E-state index contributed by atoms with van der Waals surface area (Å²) in [6.45, 7) is 3.13. The molecule has 0 aliphatic rings. The molecule has 0 unspecified atom stereocenters. The maximum Gasteiger partial charge on any atom is 0.192 e. The molecule has 0 radical (unpaired) electrons. The molecule has 1 N–H and O–H groups in total. The highest BCUT2D eigenvalue weighted by molar-refractivity contribution is 5.80. The smallest absolute Gasteiger partial charge is 0.192 e. The van der Waals surface area contributed by atoms with Gasteiger partial charge in [0, 0.05) is 37.4 Å². The summed E-state index contributed by atoms with van der Waals surface area (Å²) in [5, 5.41) is 3.46. The molecule has 0 aliphatic carbocycles. The van der Waals surface area contributed by atoms with Crippen LogP contribution in [0.5, 0.6) is 0 Å². The standard InChI is InChI=1S/C14H16FNO3/c1-9-13(15)10(8-16-4-6-18-2)7-11-12(17)3-5-19-14(9)11/h3,5,7,16H,4,6,8H2,1-2H3. The third-order valence-electron chi connectivity index (χ3n) is 2.98. The molecule has 19 heavy (non-hydrogen) atoms. The van der Waals surface area contributed by atoms with Gasteiger partial charge in [0.1, 0.15) is 11.4 Å². The molecule has 0 atom stereocenters. The number of nitrogens with one attached hydrogen (secondary N) is 1. The maximum absolute atomic E-state index is 14.1. The molecular formula is C14H16FNO3. The number of methoxy groups -OCH3 is 1. The number of halogens is 1. The van der Waals surface area contributed by atoms with E-state index >= 15 is 0 Å². The molecule has 0 bridgehead atoms. The van der Waals surface area contributed by atoms with Crippen LogP contribution in [-0.2, 0) is 11.3 Å². The van der Waals surface area contributed by atoms with Gasteiger partial charge in [-0.3, -0.25) is 4.79 Å². The second-order valence-corrected chi connectivity index (χ2v) is 4.31. The van der Waals surface area contributed by atoms with Gasteiger partial charge < -0.3 is 14.5 Å². The number of benzene rings is 1. The predicted octanol–water partition coefficient (Wildman–Crippen LogP) is 1.98. The highest BCUT2D eigenvalue weighted by Crippen LogP contribution is 2.22. The molecule has 0 spiro atoms. The summed E-state index contributed by atoms with van der Waals surface area (Å²) in [5.74, 6) is -0.341. The topological polar surface area (TPSA) is 51.5 Å². The van der Waals surface area contributed by atoms with Gasteiger partial charge in [0.25, 0.3) is 0 Å². The summed E-state index contributed by atoms with van der Waals surface area (Å²) in [6.07, 6.45) is 1.29. The average molecular weight is 265 g/mol. The van der Waals surface area contributed by atoms with Crippen molar-refractivity contribution in [2.45, 2.75) is 13.5 Å². The van der Waals surface area contributed by atoms with E-state index in [9.17, 15) is 9.18 Å². The molecule has 0 amide bonds. The van der Waals surface area contributed by atoms with E-state index in [1.165, 1.54) is 12.3 Å². The van der Waals surface area contributed by atoms with Crippen molar-refractivity contribution in [2.75, 3.05) is 20.3 Å². The van der Waals surface area contributed by atoms with Gasteiger partial charge in [0.05, 0.1) is 18.3 Å². The zero-order valence-corrected chi connectivity index (χ0v) is 11.0. The Kier molecular flexibility index (Phi) is 4.29. The summed E-state index contributed by atoms with van der Waals surface area (Å²) in [5.41, 5.74) is 0.964. The van der Waals surface area contributed by atoms with E-state index in [0.29, 0.717) is 41.8 Å². The summed E-state index contributed by atoms with van der Waals surface area (Å²) in [6, 6.07) is 2.88. The van der Waals surface area contributed by atoms with E-state index in [1.807, 2.05) is 0 Å². The number of fused-ring (bicyclic) bond motifs is 1. The van der Waals surface area contributed by atoms with Gasteiger partial charge in [0.2, 0.25) is 0 Å². The lowest BCUT2D eigenvalue weighted by Gasteiger charge is -2.09. The van der Waals surface area contributed by atoms with Crippen LogP contribution >= 0.6 is 0 Å². The van der Waals surface area contributed by atoms with Gasteiger partial charge >= 0.3 is 0 Å². The molecule has 4 nitrogen and oxygen atoms in total. The molecule has 1 aromatic heterocycles. The molecule has 2 aromatic rings. The fraction of sp³-hybridized carbons (Fsp3) is 0.357. The average Bonchev–Trinajstić information content (AvgIpc) is 2.41. The highest BCUT2D eigenvalue weighted by atomic mass is 19.1. The zero-order chi connectivity index (χ0) is 13.8. The quantitative estimate of drug-likeness (QED) is 0.840. The first-order valence-corrected chi connectivity index (χ1v) is 6.04. The first kappa shape index (κ1) is 13.7. The fourth-order valence-electron chi connectivity index (χ4n) is 1.96. The van der Waals surface area contributed by atoms with Crippen LogP contribution in [0.4, 0.5) is 4.39 Å². The minimum atomic E-state index is -0.341. The Morgan fingerprint density at radius 3 is 3.00 bits per heavy atom. The second-order valence-electron chi connectivity index (χ2n) is 4.31. The van der Waals surface area contributed by atoms with Crippen molar-refractivity contribution in [3.63, 3.8) is 0 Å². The Morgan fingerprint density at radius 1 is 1.47 bits per heavy atom. The largest absolute Gasteiger partial charge is 0.464 e. The van der Waals surface area contributed by atoms with Gasteiger partial charge in [-0.25, -0.2) is 4.39 Å². The lowest BCUT2D eigenvalue weighted by atomic mass is 10.1. The van der Waals surface area contributed by atoms with Crippen LogP contribution in [0.15, 0.2) is 27.6 Å². The second kappa shape index (κ2) is 5.95. The van der Waals surface area contributed by atoms with E-state index < -0.39 is 0 Å². The van der Waals surface area contributed by atoms with E-state index in [-0.39, 0.29) is 11.2 Å². The summed E-state index contributed by atoms with van der Waals surface area (Å²) < 4.78 is 24.3. The van der Waals surface area contributed by atoms with Crippen LogP contribution in [-0.4, -0.2) is 20.3 Å².